The number of likely N-dealkylation sites (tertiary alicyclic amines) is 2. The summed E-state index contributed by atoms with van der Waals surface area (Å²) in [5.41, 5.74) is 3.31. The molecule has 0 amide bonds. The molecule has 2 aliphatic heterocycles. The number of nitrogens with one attached hydrogen (secondary N) is 1. The van der Waals surface area contributed by atoms with Gasteiger partial charge in [0.2, 0.25) is 0 Å². The van der Waals surface area contributed by atoms with Crippen molar-refractivity contribution in [3.05, 3.63) is 71.8 Å². The van der Waals surface area contributed by atoms with Crippen LogP contribution >= 0.6 is 0 Å². The van der Waals surface area contributed by atoms with Crippen LogP contribution < -0.4 is 0 Å². The van der Waals surface area contributed by atoms with Gasteiger partial charge in [0.1, 0.15) is 11.6 Å². The zero-order chi connectivity index (χ0) is 25.0. The van der Waals surface area contributed by atoms with Gasteiger partial charge in [-0.15, -0.1) is 0 Å². The van der Waals surface area contributed by atoms with Crippen LogP contribution in [-0.4, -0.2) is 74.0 Å². The van der Waals surface area contributed by atoms with Crippen molar-refractivity contribution in [2.24, 2.45) is 11.3 Å². The van der Waals surface area contributed by atoms with Gasteiger partial charge in [-0.3, -0.25) is 9.80 Å². The molecule has 0 unspecified atom stereocenters. The number of hydrogen-bond acceptors (Lipinski definition) is 5. The lowest BCUT2D eigenvalue weighted by Crippen LogP contribution is -2.42. The standard InChI is InChI=1S/C29H43N7/c1-24(2)18-34-14-8-29(9-15-34)10-16-35(23-29)19-25-4-6-26(7-5-25)20-36-17-13-32-28(36)22-33(3)21-27-30-11-12-31-27/h4-7,11-13,17,24H,8-10,14-16,18-23H2,1-3H3,(H,30,31). The summed E-state index contributed by atoms with van der Waals surface area (Å²) in [4.78, 5) is 19.7. The van der Waals surface area contributed by atoms with Gasteiger partial charge in [0.15, 0.2) is 0 Å². The second-order valence-corrected chi connectivity index (χ2v) is 11.7. The van der Waals surface area contributed by atoms with Gasteiger partial charge in [-0.05, 0) is 68.4 Å². The summed E-state index contributed by atoms with van der Waals surface area (Å²) in [6.07, 6.45) is 11.8. The topological polar surface area (TPSA) is 56.2 Å². The van der Waals surface area contributed by atoms with Crippen LogP contribution in [0.25, 0.3) is 0 Å². The molecule has 7 nitrogen and oxygen atoms in total. The van der Waals surface area contributed by atoms with Gasteiger partial charge in [0.25, 0.3) is 0 Å². The number of piperidine rings is 1. The minimum absolute atomic E-state index is 0.565. The fraction of sp³-hybridized carbons (Fsp3) is 0.586. The van der Waals surface area contributed by atoms with Gasteiger partial charge in [0.05, 0.1) is 13.1 Å². The highest BCUT2D eigenvalue weighted by Crippen LogP contribution is 2.40. The monoisotopic (exact) mass is 489 g/mol. The molecule has 0 saturated carbocycles. The summed E-state index contributed by atoms with van der Waals surface area (Å²) >= 11 is 0. The van der Waals surface area contributed by atoms with E-state index in [2.05, 4.69) is 85.6 Å². The van der Waals surface area contributed by atoms with E-state index in [0.717, 1.165) is 43.7 Å². The molecule has 2 aliphatic rings. The molecule has 194 valence electrons. The second kappa shape index (κ2) is 11.3. The lowest BCUT2D eigenvalue weighted by molar-refractivity contribution is 0.0984. The molecule has 0 bridgehead atoms. The van der Waals surface area contributed by atoms with Crippen LogP contribution in [0.1, 0.15) is 55.9 Å². The van der Waals surface area contributed by atoms with Crippen molar-refractivity contribution in [3.8, 4) is 0 Å². The molecule has 0 radical (unpaired) electrons. The van der Waals surface area contributed by atoms with E-state index in [-0.39, 0.29) is 0 Å². The van der Waals surface area contributed by atoms with Crippen molar-refractivity contribution in [1.29, 1.82) is 0 Å². The minimum atomic E-state index is 0.565. The number of H-pyrrole nitrogens is 1. The first kappa shape index (κ1) is 25.2. The average Bonchev–Trinajstić information content (AvgIpc) is 3.60. The van der Waals surface area contributed by atoms with Crippen molar-refractivity contribution in [3.63, 3.8) is 0 Å². The molecule has 3 aromatic rings. The largest absolute Gasteiger partial charge is 0.348 e. The van der Waals surface area contributed by atoms with E-state index >= 15 is 0 Å². The molecule has 1 N–H and O–H groups in total. The highest BCUT2D eigenvalue weighted by molar-refractivity contribution is 5.23. The van der Waals surface area contributed by atoms with E-state index in [4.69, 9.17) is 0 Å². The maximum Gasteiger partial charge on any atom is 0.123 e. The highest BCUT2D eigenvalue weighted by Gasteiger charge is 2.40. The van der Waals surface area contributed by atoms with Crippen molar-refractivity contribution >= 4 is 0 Å². The molecule has 36 heavy (non-hydrogen) atoms. The van der Waals surface area contributed by atoms with Gasteiger partial charge >= 0.3 is 0 Å². The van der Waals surface area contributed by atoms with E-state index in [9.17, 15) is 0 Å². The summed E-state index contributed by atoms with van der Waals surface area (Å²) in [6.45, 7) is 14.5. The lowest BCUT2D eigenvalue weighted by atomic mass is 9.77. The molecule has 0 aliphatic carbocycles. The zero-order valence-electron chi connectivity index (χ0n) is 22.4. The molecule has 2 fully saturated rings. The Morgan fingerprint density at radius 3 is 2.28 bits per heavy atom. The summed E-state index contributed by atoms with van der Waals surface area (Å²) in [5, 5.41) is 0. The smallest absolute Gasteiger partial charge is 0.123 e. The van der Waals surface area contributed by atoms with Crippen LogP contribution in [0.4, 0.5) is 0 Å². The number of rotatable bonds is 10. The third-order valence-electron chi connectivity index (χ3n) is 8.03. The number of aromatic nitrogens is 4. The quantitative estimate of drug-likeness (QED) is 0.462. The third-order valence-corrected chi connectivity index (χ3v) is 8.03. The van der Waals surface area contributed by atoms with Gasteiger partial charge < -0.3 is 14.5 Å². The molecule has 0 atom stereocenters. The number of imidazole rings is 2. The first-order valence-corrected chi connectivity index (χ1v) is 13.7. The molecule has 1 spiro atoms. The summed E-state index contributed by atoms with van der Waals surface area (Å²) in [7, 11) is 2.10. The molecular weight excluding hydrogens is 446 g/mol. The number of benzene rings is 1. The molecule has 7 heteroatoms. The van der Waals surface area contributed by atoms with Crippen LogP contribution in [0.3, 0.4) is 0 Å². The van der Waals surface area contributed by atoms with Gasteiger partial charge in [-0.25, -0.2) is 9.97 Å². The SMILES string of the molecule is CC(C)CN1CCC2(CC1)CCN(Cc1ccc(Cn3ccnc3CN(C)Cc3ncc[nH]3)cc1)C2. The van der Waals surface area contributed by atoms with Crippen molar-refractivity contribution in [2.75, 3.05) is 39.8 Å². The predicted molar refractivity (Wildman–Crippen MR) is 144 cm³/mol. The Morgan fingerprint density at radius 1 is 0.917 bits per heavy atom. The van der Waals surface area contributed by atoms with Crippen LogP contribution in [0.5, 0.6) is 0 Å². The second-order valence-electron chi connectivity index (χ2n) is 11.7. The molecule has 1 aromatic carbocycles. The van der Waals surface area contributed by atoms with E-state index in [0.29, 0.717) is 5.41 Å². The maximum atomic E-state index is 4.61. The number of aromatic amines is 1. The molecule has 4 heterocycles. The summed E-state index contributed by atoms with van der Waals surface area (Å²) < 4.78 is 2.25. The normalized spacial score (nSPS) is 18.7. The molecule has 5 rings (SSSR count). The number of nitrogens with zero attached hydrogens (tertiary/aromatic N) is 6. The van der Waals surface area contributed by atoms with Crippen LogP contribution in [0, 0.1) is 11.3 Å². The Morgan fingerprint density at radius 2 is 1.61 bits per heavy atom. The van der Waals surface area contributed by atoms with Crippen molar-refractivity contribution < 1.29 is 0 Å². The Labute approximate surface area is 216 Å². The Hall–Kier alpha value is -2.48. The van der Waals surface area contributed by atoms with Gasteiger partial charge in [-0.2, -0.15) is 0 Å². The molecular formula is C29H43N7. The van der Waals surface area contributed by atoms with Crippen molar-refractivity contribution in [2.45, 2.75) is 59.3 Å². The van der Waals surface area contributed by atoms with E-state index in [1.54, 1.807) is 6.20 Å². The van der Waals surface area contributed by atoms with E-state index in [1.807, 2.05) is 12.4 Å². The highest BCUT2D eigenvalue weighted by atomic mass is 15.2. The minimum Gasteiger partial charge on any atom is -0.348 e. The fourth-order valence-corrected chi connectivity index (χ4v) is 6.08. The third kappa shape index (κ3) is 6.44. The lowest BCUT2D eigenvalue weighted by Gasteiger charge is -2.40. The fourth-order valence-electron chi connectivity index (χ4n) is 6.08. The zero-order valence-corrected chi connectivity index (χ0v) is 22.4. The van der Waals surface area contributed by atoms with E-state index in [1.165, 1.54) is 63.1 Å². The Balaban J connectivity index is 1.11. The number of hydrogen-bond donors (Lipinski definition) is 1. The van der Waals surface area contributed by atoms with Crippen LogP contribution in [-0.2, 0) is 26.2 Å². The average molecular weight is 490 g/mol. The van der Waals surface area contributed by atoms with Gasteiger partial charge in [-0.1, -0.05) is 38.1 Å². The van der Waals surface area contributed by atoms with Crippen LogP contribution in [0.2, 0.25) is 0 Å². The first-order valence-electron chi connectivity index (χ1n) is 13.7. The Kier molecular flexibility index (Phi) is 7.89. The summed E-state index contributed by atoms with van der Waals surface area (Å²) in [5.74, 6) is 2.83. The van der Waals surface area contributed by atoms with Crippen molar-refractivity contribution in [1.82, 2.24) is 34.2 Å². The predicted octanol–water partition coefficient (Wildman–Crippen LogP) is 4.23. The van der Waals surface area contributed by atoms with Gasteiger partial charge in [0, 0.05) is 51.0 Å². The van der Waals surface area contributed by atoms with Crippen LogP contribution in [0.15, 0.2) is 49.1 Å². The molecule has 2 aromatic heterocycles. The maximum absolute atomic E-state index is 4.61. The summed E-state index contributed by atoms with van der Waals surface area (Å²) in [6, 6.07) is 9.24. The van der Waals surface area contributed by atoms with E-state index < -0.39 is 0 Å². The molecule has 2 saturated heterocycles. The Bertz CT molecular complexity index is 1060. The first-order chi connectivity index (χ1) is 17.5.